The quantitative estimate of drug-likeness (QED) is 0.151. The number of ether oxygens (including phenoxy) is 1. The first-order valence-corrected chi connectivity index (χ1v) is 11.5. The van der Waals surface area contributed by atoms with Crippen LogP contribution in [0.4, 0.5) is 5.69 Å². The number of carbonyl (C=O) groups is 5. The number of carbonyl (C=O) groups excluding carboxylic acids is 5. The summed E-state index contributed by atoms with van der Waals surface area (Å²) in [5, 5.41) is 20.2. The Morgan fingerprint density at radius 3 is 2.22 bits per heavy atom. The highest BCUT2D eigenvalue weighted by molar-refractivity contribution is 8.00. The molecule has 0 radical (unpaired) electrons. The average Bonchev–Trinajstić information content (AvgIpc) is 3.12. The zero-order chi connectivity index (χ0) is 25.7. The summed E-state index contributed by atoms with van der Waals surface area (Å²) in [4.78, 5) is 75.6. The highest BCUT2D eigenvalue weighted by Crippen LogP contribution is 2.44. The maximum atomic E-state index is 13.0. The SMILES string of the molecule is O=C(OCC(=O)c1ccc([N+](=O)[O-])cc1)C1=C(O)CS[C@H]2C(N3C(=O)c4ccccc4C3=O)C(=O)N12. The van der Waals surface area contributed by atoms with Crippen LogP contribution in [0.25, 0.3) is 0 Å². The Balaban J connectivity index is 1.29. The smallest absolute Gasteiger partial charge is 0.359 e. The first-order chi connectivity index (χ1) is 17.2. The zero-order valence-corrected chi connectivity index (χ0v) is 19.0. The predicted molar refractivity (Wildman–Crippen MR) is 122 cm³/mol. The number of aliphatic hydroxyl groups is 1. The number of Topliss-reactive ketones (excluding diaryl/α,β-unsaturated/α-hetero) is 1. The number of β-lactam (4-membered cyclic amide) rings is 1. The van der Waals surface area contributed by atoms with Crippen molar-refractivity contribution in [2.45, 2.75) is 11.4 Å². The molecular weight excluding hydrogens is 494 g/mol. The van der Waals surface area contributed by atoms with Gasteiger partial charge in [0.1, 0.15) is 17.2 Å². The van der Waals surface area contributed by atoms with Crippen LogP contribution in [-0.4, -0.2) is 73.1 Å². The van der Waals surface area contributed by atoms with Crippen molar-refractivity contribution in [2.24, 2.45) is 0 Å². The van der Waals surface area contributed by atoms with Crippen LogP contribution in [0.15, 0.2) is 60.0 Å². The molecule has 182 valence electrons. The van der Waals surface area contributed by atoms with Gasteiger partial charge in [0, 0.05) is 17.7 Å². The van der Waals surface area contributed by atoms with Crippen LogP contribution in [0, 0.1) is 10.1 Å². The molecule has 12 nitrogen and oxygen atoms in total. The number of fused-ring (bicyclic) bond motifs is 2. The summed E-state index contributed by atoms with van der Waals surface area (Å²) in [7, 11) is 0. The summed E-state index contributed by atoms with van der Waals surface area (Å²) >= 11 is 1.07. The Bertz CT molecular complexity index is 1370. The fraction of sp³-hybridized carbons (Fsp3) is 0.174. The van der Waals surface area contributed by atoms with E-state index in [1.54, 1.807) is 12.1 Å². The number of nitro groups is 1. The number of imide groups is 1. The van der Waals surface area contributed by atoms with Crippen molar-refractivity contribution in [3.63, 3.8) is 0 Å². The monoisotopic (exact) mass is 509 g/mol. The minimum atomic E-state index is -1.17. The van der Waals surface area contributed by atoms with Gasteiger partial charge in [-0.15, -0.1) is 11.8 Å². The Kier molecular flexibility index (Phi) is 5.55. The van der Waals surface area contributed by atoms with Crippen LogP contribution in [0.3, 0.4) is 0 Å². The molecule has 0 spiro atoms. The molecule has 0 aromatic heterocycles. The topological polar surface area (TPSA) is 164 Å². The lowest BCUT2D eigenvalue weighted by Gasteiger charge is -2.50. The van der Waals surface area contributed by atoms with E-state index in [1.807, 2.05) is 0 Å². The highest BCUT2D eigenvalue weighted by atomic mass is 32.2. The van der Waals surface area contributed by atoms with Gasteiger partial charge in [-0.05, 0) is 24.3 Å². The van der Waals surface area contributed by atoms with Gasteiger partial charge in [-0.3, -0.25) is 39.1 Å². The number of rotatable bonds is 6. The van der Waals surface area contributed by atoms with E-state index in [2.05, 4.69) is 0 Å². The molecule has 2 atom stereocenters. The maximum Gasteiger partial charge on any atom is 0.359 e. The maximum absolute atomic E-state index is 13.0. The Labute approximate surface area is 206 Å². The van der Waals surface area contributed by atoms with E-state index in [0.717, 1.165) is 33.7 Å². The number of esters is 1. The first-order valence-electron chi connectivity index (χ1n) is 10.5. The van der Waals surface area contributed by atoms with Crippen molar-refractivity contribution in [1.82, 2.24) is 9.80 Å². The lowest BCUT2D eigenvalue weighted by molar-refractivity contribution is -0.384. The Morgan fingerprint density at radius 1 is 1.03 bits per heavy atom. The highest BCUT2D eigenvalue weighted by Gasteiger charge is 2.60. The molecule has 2 aromatic carbocycles. The van der Waals surface area contributed by atoms with Crippen LogP contribution in [0.2, 0.25) is 0 Å². The molecule has 3 aliphatic rings. The van der Waals surface area contributed by atoms with E-state index in [1.165, 1.54) is 24.3 Å². The van der Waals surface area contributed by atoms with Gasteiger partial charge in [0.05, 0.1) is 21.8 Å². The molecule has 1 N–H and O–H groups in total. The number of hydrogen-bond donors (Lipinski definition) is 1. The molecule has 0 bridgehead atoms. The van der Waals surface area contributed by atoms with Gasteiger partial charge in [0.2, 0.25) is 0 Å². The van der Waals surface area contributed by atoms with E-state index < -0.39 is 63.9 Å². The van der Waals surface area contributed by atoms with Gasteiger partial charge in [-0.1, -0.05) is 12.1 Å². The van der Waals surface area contributed by atoms with Crippen molar-refractivity contribution in [2.75, 3.05) is 12.4 Å². The standard InChI is InChI=1S/C23H15N3O9S/c27-15(11-5-7-12(8-6-11)26(33)34)9-35-23(32)17-16(28)10-36-22-18(21(31)25(17)22)24-19(29)13-3-1-2-4-14(13)20(24)30/h1-8,18,22,28H,9-10H2/t18?,22-/m0/s1. The molecule has 13 heteroatoms. The molecule has 2 aromatic rings. The predicted octanol–water partition coefficient (Wildman–Crippen LogP) is 1.67. The summed E-state index contributed by atoms with van der Waals surface area (Å²) < 4.78 is 5.01. The number of nitro benzene ring substituents is 1. The van der Waals surface area contributed by atoms with Gasteiger partial charge < -0.3 is 9.84 Å². The van der Waals surface area contributed by atoms with Crippen molar-refractivity contribution in [1.29, 1.82) is 0 Å². The second-order valence-electron chi connectivity index (χ2n) is 7.98. The molecule has 5 rings (SSSR count). The van der Waals surface area contributed by atoms with Crippen LogP contribution >= 0.6 is 11.8 Å². The van der Waals surface area contributed by atoms with E-state index in [4.69, 9.17) is 4.74 Å². The molecule has 3 amide bonds. The van der Waals surface area contributed by atoms with Gasteiger partial charge in [-0.25, -0.2) is 4.79 Å². The normalized spacial score (nSPS) is 20.6. The number of hydrogen-bond acceptors (Lipinski definition) is 10. The summed E-state index contributed by atoms with van der Waals surface area (Å²) in [6.07, 6.45) is 0. The number of aliphatic hydroxyl groups excluding tert-OH is 1. The number of benzene rings is 2. The second-order valence-corrected chi connectivity index (χ2v) is 9.08. The van der Waals surface area contributed by atoms with Gasteiger partial charge in [0.25, 0.3) is 23.4 Å². The van der Waals surface area contributed by atoms with Crippen molar-refractivity contribution >= 4 is 46.9 Å². The molecule has 1 saturated heterocycles. The third-order valence-corrected chi connectivity index (χ3v) is 7.20. The van der Waals surface area contributed by atoms with Crippen LogP contribution in [0.1, 0.15) is 31.1 Å². The van der Waals surface area contributed by atoms with E-state index in [0.29, 0.717) is 0 Å². The third kappa shape index (κ3) is 3.51. The summed E-state index contributed by atoms with van der Waals surface area (Å²) in [5.41, 5.74) is -0.259. The van der Waals surface area contributed by atoms with E-state index in [-0.39, 0.29) is 28.1 Å². The molecule has 3 aliphatic heterocycles. The molecule has 36 heavy (non-hydrogen) atoms. The Hall–Kier alpha value is -4.52. The minimum Gasteiger partial charge on any atom is -0.509 e. The third-order valence-electron chi connectivity index (χ3n) is 5.95. The summed E-state index contributed by atoms with van der Waals surface area (Å²) in [6.45, 7) is -0.741. The van der Waals surface area contributed by atoms with Crippen LogP contribution in [-0.2, 0) is 14.3 Å². The average molecular weight is 509 g/mol. The Morgan fingerprint density at radius 2 is 1.64 bits per heavy atom. The van der Waals surface area contributed by atoms with Crippen LogP contribution < -0.4 is 0 Å². The fourth-order valence-electron chi connectivity index (χ4n) is 4.19. The van der Waals surface area contributed by atoms with Crippen molar-refractivity contribution < 1.29 is 38.7 Å². The molecule has 0 saturated carbocycles. The molecule has 1 unspecified atom stereocenters. The number of thioether (sulfide) groups is 1. The number of ketones is 1. The summed E-state index contributed by atoms with van der Waals surface area (Å²) in [5.74, 6) is -4.31. The lowest BCUT2D eigenvalue weighted by Crippen LogP contribution is -2.71. The van der Waals surface area contributed by atoms with Crippen LogP contribution in [0.5, 0.6) is 0 Å². The van der Waals surface area contributed by atoms with Gasteiger partial charge in [0.15, 0.2) is 18.1 Å². The van der Waals surface area contributed by atoms with E-state index >= 15 is 0 Å². The number of nitrogens with zero attached hydrogens (tertiary/aromatic N) is 3. The summed E-state index contributed by atoms with van der Waals surface area (Å²) in [6, 6.07) is 9.69. The largest absolute Gasteiger partial charge is 0.509 e. The lowest BCUT2D eigenvalue weighted by atomic mass is 10.0. The van der Waals surface area contributed by atoms with Crippen molar-refractivity contribution in [3.8, 4) is 0 Å². The zero-order valence-electron chi connectivity index (χ0n) is 18.2. The first kappa shape index (κ1) is 23.2. The van der Waals surface area contributed by atoms with E-state index in [9.17, 15) is 39.2 Å². The molecular formula is C23H15N3O9S. The number of non-ortho nitro benzene ring substituents is 1. The minimum absolute atomic E-state index is 0.0643. The molecule has 0 aliphatic carbocycles. The van der Waals surface area contributed by atoms with Gasteiger partial charge in [-0.2, -0.15) is 0 Å². The molecule has 3 heterocycles. The van der Waals surface area contributed by atoms with Gasteiger partial charge >= 0.3 is 5.97 Å². The fourth-order valence-corrected chi connectivity index (χ4v) is 5.43. The molecule has 1 fully saturated rings. The number of amides is 3. The second kappa shape index (κ2) is 8.61. The van der Waals surface area contributed by atoms with Crippen molar-refractivity contribution in [3.05, 3.63) is 86.8 Å².